The summed E-state index contributed by atoms with van der Waals surface area (Å²) in [7, 11) is 0. The molecule has 3 rings (SSSR count). The summed E-state index contributed by atoms with van der Waals surface area (Å²) >= 11 is 1.27. The highest BCUT2D eigenvalue weighted by molar-refractivity contribution is 8.15. The van der Waals surface area contributed by atoms with Gasteiger partial charge in [0.15, 0.2) is 5.17 Å². The molecule has 2 amide bonds. The quantitative estimate of drug-likeness (QED) is 0.824. The lowest BCUT2D eigenvalue weighted by Gasteiger charge is -2.10. The van der Waals surface area contributed by atoms with Crippen LogP contribution in [0.4, 0.5) is 5.69 Å². The Morgan fingerprint density at radius 2 is 1.92 bits per heavy atom. The molecule has 0 radical (unpaired) electrons. The van der Waals surface area contributed by atoms with Gasteiger partial charge in [0.1, 0.15) is 5.25 Å². The van der Waals surface area contributed by atoms with Crippen LogP contribution >= 0.6 is 11.8 Å². The van der Waals surface area contributed by atoms with Gasteiger partial charge in [-0.3, -0.25) is 9.59 Å². The second-order valence-electron chi connectivity index (χ2n) is 5.85. The smallest absolute Gasteiger partial charge is 0.240 e. The predicted octanol–water partition coefficient (Wildman–Crippen LogP) is 2.92. The summed E-state index contributed by atoms with van der Waals surface area (Å²) in [5.74, 6) is -0.375. The van der Waals surface area contributed by atoms with Crippen molar-refractivity contribution in [1.29, 1.82) is 0 Å². The van der Waals surface area contributed by atoms with E-state index in [0.29, 0.717) is 5.17 Å². The molecule has 2 aliphatic rings. The largest absolute Gasteiger partial charge is 0.326 e. The van der Waals surface area contributed by atoms with E-state index in [9.17, 15) is 9.59 Å². The van der Waals surface area contributed by atoms with Crippen LogP contribution in [0, 0.1) is 0 Å². The van der Waals surface area contributed by atoms with Crippen LogP contribution in [0.2, 0.25) is 0 Å². The maximum absolute atomic E-state index is 12.1. The fourth-order valence-corrected chi connectivity index (χ4v) is 3.58. The van der Waals surface area contributed by atoms with E-state index >= 15 is 0 Å². The number of benzene rings is 1. The van der Waals surface area contributed by atoms with E-state index in [0.717, 1.165) is 37.1 Å². The monoisotopic (exact) mass is 344 g/mol. The number of thioether (sulfide) groups is 1. The highest BCUT2D eigenvalue weighted by Crippen LogP contribution is 2.23. The third kappa shape index (κ3) is 4.67. The van der Waals surface area contributed by atoms with Crippen molar-refractivity contribution in [2.24, 2.45) is 10.2 Å². The van der Waals surface area contributed by atoms with Gasteiger partial charge in [0.2, 0.25) is 11.8 Å². The molecule has 1 atom stereocenters. The Kier molecular flexibility index (Phi) is 5.63. The second kappa shape index (κ2) is 8.10. The predicted molar refractivity (Wildman–Crippen MR) is 97.2 cm³/mol. The molecule has 1 heterocycles. The summed E-state index contributed by atoms with van der Waals surface area (Å²) in [5.41, 5.74) is 1.82. The van der Waals surface area contributed by atoms with Crippen molar-refractivity contribution in [3.8, 4) is 0 Å². The molecule has 1 aliphatic carbocycles. The normalized spacial score (nSPS) is 22.3. The molecule has 7 heteroatoms. The summed E-state index contributed by atoms with van der Waals surface area (Å²) < 4.78 is 0. The van der Waals surface area contributed by atoms with Crippen LogP contribution < -0.4 is 10.6 Å². The van der Waals surface area contributed by atoms with Crippen molar-refractivity contribution in [3.05, 3.63) is 30.3 Å². The first-order valence-corrected chi connectivity index (χ1v) is 9.04. The van der Waals surface area contributed by atoms with E-state index in [1.165, 1.54) is 18.2 Å². The molecule has 1 aromatic carbocycles. The number of anilines is 1. The summed E-state index contributed by atoms with van der Waals surface area (Å²) in [4.78, 5) is 24.0. The molecule has 6 nitrogen and oxygen atoms in total. The lowest BCUT2D eigenvalue weighted by atomic mass is 9.99. The molecule has 1 aromatic rings. The lowest BCUT2D eigenvalue weighted by Crippen LogP contribution is -2.28. The molecule has 24 heavy (non-hydrogen) atoms. The molecule has 1 unspecified atom stereocenters. The van der Waals surface area contributed by atoms with E-state index < -0.39 is 5.25 Å². The topological polar surface area (TPSA) is 82.9 Å². The number of para-hydroxylation sites is 1. The van der Waals surface area contributed by atoms with Gasteiger partial charge in [-0.1, -0.05) is 36.4 Å². The first kappa shape index (κ1) is 16.7. The van der Waals surface area contributed by atoms with E-state index in [1.807, 2.05) is 30.3 Å². The zero-order chi connectivity index (χ0) is 16.8. The number of nitrogens with one attached hydrogen (secondary N) is 2. The summed E-state index contributed by atoms with van der Waals surface area (Å²) in [6.45, 7) is 0. The van der Waals surface area contributed by atoms with Crippen molar-refractivity contribution < 1.29 is 9.59 Å². The van der Waals surface area contributed by atoms with Crippen molar-refractivity contribution in [2.45, 2.75) is 43.8 Å². The average molecular weight is 344 g/mol. The van der Waals surface area contributed by atoms with Gasteiger partial charge >= 0.3 is 0 Å². The van der Waals surface area contributed by atoms with Gasteiger partial charge in [-0.15, -0.1) is 5.10 Å². The zero-order valence-electron chi connectivity index (χ0n) is 13.3. The second-order valence-corrected chi connectivity index (χ2v) is 7.04. The Balaban J connectivity index is 1.53. The van der Waals surface area contributed by atoms with Gasteiger partial charge in [-0.2, -0.15) is 5.10 Å². The van der Waals surface area contributed by atoms with Gasteiger partial charge in [0.05, 0.1) is 0 Å². The molecule has 0 bridgehead atoms. The van der Waals surface area contributed by atoms with Gasteiger partial charge < -0.3 is 10.6 Å². The number of carbonyl (C=O) groups is 2. The molecule has 1 saturated carbocycles. The standard InChI is InChI=1S/C17H20N4O2S/c22-15(18-12-7-3-1-4-8-12)11-14-16(23)19-17(24-14)21-20-13-9-5-2-6-10-13/h1,3-4,7-8,14H,2,5-6,9-11H2,(H,18,22)(H,19,21,23). The van der Waals surface area contributed by atoms with Crippen LogP contribution in [-0.4, -0.2) is 27.9 Å². The van der Waals surface area contributed by atoms with E-state index in [2.05, 4.69) is 20.8 Å². The van der Waals surface area contributed by atoms with Crippen LogP contribution in [0.15, 0.2) is 40.5 Å². The van der Waals surface area contributed by atoms with Crippen molar-refractivity contribution >= 4 is 40.1 Å². The fraction of sp³-hybridized carbons (Fsp3) is 0.412. The van der Waals surface area contributed by atoms with Crippen molar-refractivity contribution in [1.82, 2.24) is 5.32 Å². The molecular weight excluding hydrogens is 324 g/mol. The Morgan fingerprint density at radius 1 is 1.17 bits per heavy atom. The number of rotatable bonds is 4. The first-order valence-electron chi connectivity index (χ1n) is 8.16. The third-order valence-electron chi connectivity index (χ3n) is 3.92. The van der Waals surface area contributed by atoms with Gasteiger partial charge in [0.25, 0.3) is 0 Å². The molecule has 2 fully saturated rings. The van der Waals surface area contributed by atoms with Gasteiger partial charge in [-0.05, 0) is 37.8 Å². The van der Waals surface area contributed by atoms with Crippen LogP contribution in [-0.2, 0) is 9.59 Å². The number of hydrogen-bond acceptors (Lipinski definition) is 5. The molecule has 126 valence electrons. The SMILES string of the molecule is O=C(CC1S/C(=N/N=C2CCCCC2)NC1=O)Nc1ccccc1. The zero-order valence-corrected chi connectivity index (χ0v) is 14.1. The van der Waals surface area contributed by atoms with E-state index in [4.69, 9.17) is 0 Å². The molecule has 0 aromatic heterocycles. The molecule has 0 spiro atoms. The Hall–Kier alpha value is -2.15. The van der Waals surface area contributed by atoms with E-state index in [-0.39, 0.29) is 18.2 Å². The van der Waals surface area contributed by atoms with E-state index in [1.54, 1.807) is 0 Å². The first-order chi connectivity index (χ1) is 11.7. The van der Waals surface area contributed by atoms with Crippen LogP contribution in [0.3, 0.4) is 0 Å². The average Bonchev–Trinajstić information content (AvgIpc) is 2.94. The third-order valence-corrected chi connectivity index (χ3v) is 4.99. The fourth-order valence-electron chi connectivity index (χ4n) is 2.66. The van der Waals surface area contributed by atoms with Crippen LogP contribution in [0.1, 0.15) is 38.5 Å². The minimum absolute atomic E-state index is 0.112. The Bertz CT molecular complexity index is 664. The Morgan fingerprint density at radius 3 is 2.67 bits per heavy atom. The maximum atomic E-state index is 12.1. The summed E-state index contributed by atoms with van der Waals surface area (Å²) in [5, 5.41) is 13.9. The van der Waals surface area contributed by atoms with Gasteiger partial charge in [-0.25, -0.2) is 0 Å². The molecular formula is C17H20N4O2S. The van der Waals surface area contributed by atoms with Crippen molar-refractivity contribution in [3.63, 3.8) is 0 Å². The highest BCUT2D eigenvalue weighted by atomic mass is 32.2. The minimum Gasteiger partial charge on any atom is -0.326 e. The van der Waals surface area contributed by atoms with Gasteiger partial charge in [0, 0.05) is 17.8 Å². The molecule has 1 aliphatic heterocycles. The lowest BCUT2D eigenvalue weighted by molar-refractivity contribution is -0.122. The molecule has 2 N–H and O–H groups in total. The number of hydrogen-bond donors (Lipinski definition) is 2. The maximum Gasteiger partial charge on any atom is 0.240 e. The van der Waals surface area contributed by atoms with Crippen molar-refractivity contribution in [2.75, 3.05) is 5.32 Å². The summed E-state index contributed by atoms with van der Waals surface area (Å²) in [6, 6.07) is 9.20. The number of amides is 2. The number of carbonyl (C=O) groups excluding carboxylic acids is 2. The Labute approximate surface area is 145 Å². The van der Waals surface area contributed by atoms with Crippen LogP contribution in [0.25, 0.3) is 0 Å². The molecule has 1 saturated heterocycles. The number of nitrogens with zero attached hydrogens (tertiary/aromatic N) is 2. The highest BCUT2D eigenvalue weighted by Gasteiger charge is 2.32. The minimum atomic E-state index is -0.459. The summed E-state index contributed by atoms with van der Waals surface area (Å²) in [6.07, 6.45) is 5.65. The van der Waals surface area contributed by atoms with Crippen LogP contribution in [0.5, 0.6) is 0 Å². The number of amidine groups is 1.